The standard InChI is InChI=1S/C9H16N2O3S/c1-2-11(15(12,13)7-5-10)8-9-4-3-6-14-9/h3-4,6H,2,5,7-8,10H2,1H3. The number of hydrogen-bond donors (Lipinski definition) is 1. The lowest BCUT2D eigenvalue weighted by molar-refractivity contribution is 0.375. The van der Waals surface area contributed by atoms with Gasteiger partial charge in [0.1, 0.15) is 5.76 Å². The SMILES string of the molecule is CCN(Cc1ccco1)S(=O)(=O)CCN. The van der Waals surface area contributed by atoms with E-state index < -0.39 is 10.0 Å². The molecule has 1 aromatic rings. The second kappa shape index (κ2) is 5.29. The molecule has 0 unspecified atom stereocenters. The summed E-state index contributed by atoms with van der Waals surface area (Å²) in [5.41, 5.74) is 5.25. The molecule has 0 aromatic carbocycles. The van der Waals surface area contributed by atoms with E-state index in [1.54, 1.807) is 19.1 Å². The molecular formula is C9H16N2O3S. The van der Waals surface area contributed by atoms with Gasteiger partial charge in [0.25, 0.3) is 0 Å². The van der Waals surface area contributed by atoms with Crippen molar-refractivity contribution in [3.63, 3.8) is 0 Å². The maximum Gasteiger partial charge on any atom is 0.215 e. The van der Waals surface area contributed by atoms with Crippen molar-refractivity contribution in [2.24, 2.45) is 5.73 Å². The van der Waals surface area contributed by atoms with Gasteiger partial charge < -0.3 is 10.2 Å². The van der Waals surface area contributed by atoms with Crippen LogP contribution in [0.3, 0.4) is 0 Å². The van der Waals surface area contributed by atoms with Crippen molar-refractivity contribution in [1.82, 2.24) is 4.31 Å². The second-order valence-electron chi connectivity index (χ2n) is 3.11. The van der Waals surface area contributed by atoms with Crippen LogP contribution in [0.2, 0.25) is 0 Å². The normalized spacial score (nSPS) is 12.2. The van der Waals surface area contributed by atoms with Gasteiger partial charge in [0, 0.05) is 13.1 Å². The first-order chi connectivity index (χ1) is 7.10. The highest BCUT2D eigenvalue weighted by molar-refractivity contribution is 7.89. The third kappa shape index (κ3) is 3.33. The fourth-order valence-corrected chi connectivity index (χ4v) is 2.53. The molecule has 0 fully saturated rings. The van der Waals surface area contributed by atoms with E-state index in [1.807, 2.05) is 0 Å². The Morgan fingerprint density at radius 2 is 2.27 bits per heavy atom. The highest BCUT2D eigenvalue weighted by Crippen LogP contribution is 2.09. The van der Waals surface area contributed by atoms with E-state index in [0.717, 1.165) is 0 Å². The van der Waals surface area contributed by atoms with E-state index in [2.05, 4.69) is 0 Å². The van der Waals surface area contributed by atoms with E-state index in [4.69, 9.17) is 10.2 Å². The Balaban J connectivity index is 2.72. The van der Waals surface area contributed by atoms with E-state index in [9.17, 15) is 8.42 Å². The Kier molecular flexibility index (Phi) is 4.31. The monoisotopic (exact) mass is 232 g/mol. The Morgan fingerprint density at radius 3 is 2.73 bits per heavy atom. The molecule has 0 atom stereocenters. The molecule has 0 amide bonds. The zero-order valence-corrected chi connectivity index (χ0v) is 9.53. The number of sulfonamides is 1. The van der Waals surface area contributed by atoms with Gasteiger partial charge in [-0.3, -0.25) is 0 Å². The van der Waals surface area contributed by atoms with Gasteiger partial charge in [-0.15, -0.1) is 0 Å². The van der Waals surface area contributed by atoms with Crippen LogP contribution in [0.4, 0.5) is 0 Å². The first-order valence-electron chi connectivity index (χ1n) is 4.80. The van der Waals surface area contributed by atoms with Crippen LogP contribution in [0.1, 0.15) is 12.7 Å². The third-order valence-electron chi connectivity index (χ3n) is 2.03. The third-order valence-corrected chi connectivity index (χ3v) is 3.96. The molecule has 1 heterocycles. The van der Waals surface area contributed by atoms with Crippen LogP contribution in [0.25, 0.3) is 0 Å². The van der Waals surface area contributed by atoms with Crippen LogP contribution in [0.5, 0.6) is 0 Å². The molecule has 0 aliphatic carbocycles. The Bertz CT molecular complexity index is 372. The molecule has 5 nitrogen and oxygen atoms in total. The number of nitrogens with two attached hydrogens (primary N) is 1. The van der Waals surface area contributed by atoms with E-state index in [-0.39, 0.29) is 18.8 Å². The minimum atomic E-state index is -3.25. The van der Waals surface area contributed by atoms with Gasteiger partial charge in [0.2, 0.25) is 10.0 Å². The van der Waals surface area contributed by atoms with Crippen LogP contribution in [0.15, 0.2) is 22.8 Å². The Morgan fingerprint density at radius 1 is 1.53 bits per heavy atom. The van der Waals surface area contributed by atoms with Crippen molar-refractivity contribution in [2.75, 3.05) is 18.8 Å². The van der Waals surface area contributed by atoms with Gasteiger partial charge >= 0.3 is 0 Å². The Labute approximate surface area is 89.9 Å². The quantitative estimate of drug-likeness (QED) is 0.769. The predicted molar refractivity (Wildman–Crippen MR) is 57.6 cm³/mol. The van der Waals surface area contributed by atoms with Gasteiger partial charge in [0.15, 0.2) is 0 Å². The molecule has 15 heavy (non-hydrogen) atoms. The van der Waals surface area contributed by atoms with Gasteiger partial charge in [0.05, 0.1) is 18.6 Å². The summed E-state index contributed by atoms with van der Waals surface area (Å²) >= 11 is 0. The summed E-state index contributed by atoms with van der Waals surface area (Å²) in [6.07, 6.45) is 1.53. The largest absolute Gasteiger partial charge is 0.468 e. The van der Waals surface area contributed by atoms with Crippen molar-refractivity contribution >= 4 is 10.0 Å². The molecule has 86 valence electrons. The zero-order chi connectivity index (χ0) is 11.3. The summed E-state index contributed by atoms with van der Waals surface area (Å²) < 4.78 is 29.8. The fraction of sp³-hybridized carbons (Fsp3) is 0.556. The van der Waals surface area contributed by atoms with Crippen molar-refractivity contribution in [1.29, 1.82) is 0 Å². The molecule has 0 radical (unpaired) electrons. The van der Waals surface area contributed by atoms with Gasteiger partial charge in [-0.05, 0) is 12.1 Å². The molecule has 6 heteroatoms. The van der Waals surface area contributed by atoms with Crippen molar-refractivity contribution in [3.05, 3.63) is 24.2 Å². The van der Waals surface area contributed by atoms with Crippen LogP contribution >= 0.6 is 0 Å². The summed E-state index contributed by atoms with van der Waals surface area (Å²) in [7, 11) is -3.25. The molecule has 0 spiro atoms. The van der Waals surface area contributed by atoms with Crippen molar-refractivity contribution < 1.29 is 12.8 Å². The van der Waals surface area contributed by atoms with Crippen LogP contribution in [0, 0.1) is 0 Å². The highest BCUT2D eigenvalue weighted by atomic mass is 32.2. The topological polar surface area (TPSA) is 76.5 Å². The molecule has 0 aliphatic rings. The molecule has 2 N–H and O–H groups in total. The number of furan rings is 1. The first-order valence-corrected chi connectivity index (χ1v) is 6.41. The van der Waals surface area contributed by atoms with Crippen molar-refractivity contribution in [3.8, 4) is 0 Å². The van der Waals surface area contributed by atoms with Crippen molar-refractivity contribution in [2.45, 2.75) is 13.5 Å². The van der Waals surface area contributed by atoms with Gasteiger partial charge in [-0.2, -0.15) is 4.31 Å². The summed E-state index contributed by atoms with van der Waals surface area (Å²) in [6.45, 7) is 2.61. The van der Waals surface area contributed by atoms with Crippen LogP contribution < -0.4 is 5.73 Å². The molecule has 0 aliphatic heterocycles. The predicted octanol–water partition coefficient (Wildman–Crippen LogP) is 0.390. The number of rotatable bonds is 6. The average molecular weight is 232 g/mol. The summed E-state index contributed by atoms with van der Waals surface area (Å²) in [6, 6.07) is 3.49. The molecule has 1 aromatic heterocycles. The van der Waals surface area contributed by atoms with E-state index in [0.29, 0.717) is 12.3 Å². The lowest BCUT2D eigenvalue weighted by atomic mass is 10.4. The lowest BCUT2D eigenvalue weighted by Gasteiger charge is -2.18. The van der Waals surface area contributed by atoms with Gasteiger partial charge in [-0.1, -0.05) is 6.92 Å². The minimum Gasteiger partial charge on any atom is -0.468 e. The second-order valence-corrected chi connectivity index (χ2v) is 5.20. The van der Waals surface area contributed by atoms with E-state index in [1.165, 1.54) is 10.6 Å². The summed E-state index contributed by atoms with van der Waals surface area (Å²) in [4.78, 5) is 0. The van der Waals surface area contributed by atoms with E-state index >= 15 is 0 Å². The average Bonchev–Trinajstić information content (AvgIpc) is 2.66. The minimum absolute atomic E-state index is 0.0262. The molecule has 1 rings (SSSR count). The van der Waals surface area contributed by atoms with Crippen LogP contribution in [-0.4, -0.2) is 31.6 Å². The maximum absolute atomic E-state index is 11.7. The van der Waals surface area contributed by atoms with Crippen LogP contribution in [-0.2, 0) is 16.6 Å². The smallest absolute Gasteiger partial charge is 0.215 e. The number of hydrogen-bond acceptors (Lipinski definition) is 4. The Hall–Kier alpha value is -0.850. The summed E-state index contributed by atoms with van der Waals surface area (Å²) in [5.74, 6) is 0.610. The molecule has 0 saturated heterocycles. The summed E-state index contributed by atoms with van der Waals surface area (Å²) in [5, 5.41) is 0. The maximum atomic E-state index is 11.7. The molecular weight excluding hydrogens is 216 g/mol. The zero-order valence-electron chi connectivity index (χ0n) is 8.72. The molecule has 0 bridgehead atoms. The number of nitrogens with zero attached hydrogens (tertiary/aromatic N) is 1. The van der Waals surface area contributed by atoms with Gasteiger partial charge in [-0.25, -0.2) is 8.42 Å². The fourth-order valence-electron chi connectivity index (χ4n) is 1.26. The first kappa shape index (κ1) is 12.2. The lowest BCUT2D eigenvalue weighted by Crippen LogP contribution is -2.34. The highest BCUT2D eigenvalue weighted by Gasteiger charge is 2.20. The molecule has 0 saturated carbocycles.